The second-order valence-corrected chi connectivity index (χ2v) is 6.33. The fourth-order valence-corrected chi connectivity index (χ4v) is 3.24. The van der Waals surface area contributed by atoms with Crippen LogP contribution in [0.2, 0.25) is 0 Å². The van der Waals surface area contributed by atoms with Crippen LogP contribution in [-0.2, 0) is 0 Å². The zero-order valence-electron chi connectivity index (χ0n) is 14.6. The number of ether oxygens (including phenoxy) is 2. The number of carbonyl (C=O) groups is 1. The highest BCUT2D eigenvalue weighted by molar-refractivity contribution is 5.96. The van der Waals surface area contributed by atoms with E-state index in [0.717, 1.165) is 29.7 Å². The molecule has 6 heteroatoms. The molecule has 2 aromatic heterocycles. The van der Waals surface area contributed by atoms with Gasteiger partial charge in [-0.25, -0.2) is 0 Å². The van der Waals surface area contributed by atoms with Crippen LogP contribution in [0.4, 0.5) is 0 Å². The third-order valence-corrected chi connectivity index (χ3v) is 4.55. The first kappa shape index (κ1) is 16.4. The molecule has 1 fully saturated rings. The van der Waals surface area contributed by atoms with Gasteiger partial charge in [-0.3, -0.25) is 9.78 Å². The molecule has 134 valence electrons. The molecule has 1 atom stereocenters. The maximum atomic E-state index is 12.9. The van der Waals surface area contributed by atoms with Gasteiger partial charge in [0.2, 0.25) is 0 Å². The highest BCUT2D eigenvalue weighted by Crippen LogP contribution is 2.26. The molecule has 0 unspecified atom stereocenters. The number of pyridine rings is 1. The Kier molecular flexibility index (Phi) is 4.48. The maximum Gasteiger partial charge on any atom is 0.289 e. The smallest absolute Gasteiger partial charge is 0.289 e. The lowest BCUT2D eigenvalue weighted by molar-refractivity contribution is 0.0512. The number of likely N-dealkylation sites (tertiary alicyclic amines) is 1. The van der Waals surface area contributed by atoms with E-state index in [4.69, 9.17) is 13.9 Å². The van der Waals surface area contributed by atoms with E-state index in [9.17, 15) is 4.79 Å². The molecule has 3 aromatic rings. The summed E-state index contributed by atoms with van der Waals surface area (Å²) in [7, 11) is 1.62. The molecule has 4 rings (SSSR count). The zero-order chi connectivity index (χ0) is 17.9. The van der Waals surface area contributed by atoms with Crippen LogP contribution >= 0.6 is 0 Å². The van der Waals surface area contributed by atoms with Crippen molar-refractivity contribution < 1.29 is 18.7 Å². The Hall–Kier alpha value is -3.02. The summed E-state index contributed by atoms with van der Waals surface area (Å²) in [6.45, 7) is 1.25. The van der Waals surface area contributed by atoms with Gasteiger partial charge in [0.25, 0.3) is 5.91 Å². The molecule has 26 heavy (non-hydrogen) atoms. The van der Waals surface area contributed by atoms with E-state index >= 15 is 0 Å². The van der Waals surface area contributed by atoms with E-state index in [-0.39, 0.29) is 12.0 Å². The summed E-state index contributed by atoms with van der Waals surface area (Å²) in [5, 5.41) is 0.856. The molecule has 0 N–H and O–H groups in total. The van der Waals surface area contributed by atoms with Crippen molar-refractivity contribution in [2.24, 2.45) is 0 Å². The Bertz CT molecular complexity index is 907. The van der Waals surface area contributed by atoms with Gasteiger partial charge in [-0.05, 0) is 49.2 Å². The predicted octanol–water partition coefficient (Wildman–Crippen LogP) is 3.52. The van der Waals surface area contributed by atoms with Crippen molar-refractivity contribution in [1.29, 1.82) is 0 Å². The highest BCUT2D eigenvalue weighted by Gasteiger charge is 2.27. The molecule has 0 bridgehead atoms. The Morgan fingerprint density at radius 3 is 2.85 bits per heavy atom. The average Bonchev–Trinajstić information content (AvgIpc) is 3.11. The fraction of sp³-hybridized carbons (Fsp3) is 0.300. The minimum atomic E-state index is -0.108. The van der Waals surface area contributed by atoms with Crippen molar-refractivity contribution in [3.05, 3.63) is 54.6 Å². The SMILES string of the molecule is COc1ccc2oc(C(=O)N3CCC[C@H](Oc4ccncc4)C3)cc2c1. The number of amides is 1. The number of furan rings is 1. The number of nitrogens with zero attached hydrogens (tertiary/aromatic N) is 2. The highest BCUT2D eigenvalue weighted by atomic mass is 16.5. The first-order valence-electron chi connectivity index (χ1n) is 8.66. The van der Waals surface area contributed by atoms with Gasteiger partial charge in [-0.2, -0.15) is 0 Å². The van der Waals surface area contributed by atoms with E-state index in [0.29, 0.717) is 24.4 Å². The van der Waals surface area contributed by atoms with Gasteiger partial charge >= 0.3 is 0 Å². The normalized spacial score (nSPS) is 17.3. The second kappa shape index (κ2) is 7.07. The summed E-state index contributed by atoms with van der Waals surface area (Å²) in [6, 6.07) is 10.9. The topological polar surface area (TPSA) is 64.8 Å². The quantitative estimate of drug-likeness (QED) is 0.719. The van der Waals surface area contributed by atoms with Crippen LogP contribution < -0.4 is 9.47 Å². The third-order valence-electron chi connectivity index (χ3n) is 4.55. The molecule has 3 heterocycles. The van der Waals surface area contributed by atoms with E-state index in [1.54, 1.807) is 30.5 Å². The van der Waals surface area contributed by atoms with Crippen molar-refractivity contribution in [3.8, 4) is 11.5 Å². The predicted molar refractivity (Wildman–Crippen MR) is 96.6 cm³/mol. The summed E-state index contributed by atoms with van der Waals surface area (Å²) >= 11 is 0. The summed E-state index contributed by atoms with van der Waals surface area (Å²) in [4.78, 5) is 18.6. The number of methoxy groups -OCH3 is 1. The summed E-state index contributed by atoms with van der Waals surface area (Å²) < 4.78 is 16.9. The van der Waals surface area contributed by atoms with Gasteiger partial charge in [-0.1, -0.05) is 0 Å². The monoisotopic (exact) mass is 352 g/mol. The van der Waals surface area contributed by atoms with Crippen LogP contribution in [0.3, 0.4) is 0 Å². The summed E-state index contributed by atoms with van der Waals surface area (Å²) in [5.74, 6) is 1.75. The van der Waals surface area contributed by atoms with Crippen molar-refractivity contribution in [2.75, 3.05) is 20.2 Å². The van der Waals surface area contributed by atoms with Gasteiger partial charge in [-0.15, -0.1) is 0 Å². The molecule has 1 saturated heterocycles. The Balaban J connectivity index is 1.48. The number of piperidine rings is 1. The van der Waals surface area contributed by atoms with Crippen LogP contribution in [0, 0.1) is 0 Å². The number of aromatic nitrogens is 1. The first-order valence-corrected chi connectivity index (χ1v) is 8.66. The summed E-state index contributed by atoms with van der Waals surface area (Å²) in [6.07, 6.45) is 5.19. The summed E-state index contributed by atoms with van der Waals surface area (Å²) in [5.41, 5.74) is 0.677. The third kappa shape index (κ3) is 3.35. The van der Waals surface area contributed by atoms with Gasteiger partial charge < -0.3 is 18.8 Å². The Labute approximate surface area is 151 Å². The van der Waals surface area contributed by atoms with Crippen molar-refractivity contribution >= 4 is 16.9 Å². The van der Waals surface area contributed by atoms with Crippen molar-refractivity contribution in [1.82, 2.24) is 9.88 Å². The standard InChI is InChI=1S/C20H20N2O4/c1-24-16-4-5-18-14(11-16)12-19(26-18)20(23)22-10-2-3-17(13-22)25-15-6-8-21-9-7-15/h4-9,11-12,17H,2-3,10,13H2,1H3/t17-/m0/s1. The molecule has 1 amide bonds. The number of hydrogen-bond donors (Lipinski definition) is 0. The molecule has 0 aliphatic carbocycles. The second-order valence-electron chi connectivity index (χ2n) is 6.33. The maximum absolute atomic E-state index is 12.9. The average molecular weight is 352 g/mol. The van der Waals surface area contributed by atoms with Crippen molar-refractivity contribution in [3.63, 3.8) is 0 Å². The molecule has 0 spiro atoms. The van der Waals surface area contributed by atoms with Gasteiger partial charge in [0, 0.05) is 24.3 Å². The van der Waals surface area contributed by atoms with Crippen molar-refractivity contribution in [2.45, 2.75) is 18.9 Å². The Morgan fingerprint density at radius 2 is 2.04 bits per heavy atom. The van der Waals surface area contributed by atoms with Gasteiger partial charge in [0.1, 0.15) is 23.2 Å². The number of carbonyl (C=O) groups excluding carboxylic acids is 1. The molecule has 1 aromatic carbocycles. The van der Waals surface area contributed by atoms with Crippen LogP contribution in [0.1, 0.15) is 23.4 Å². The first-order chi connectivity index (χ1) is 12.7. The zero-order valence-corrected chi connectivity index (χ0v) is 14.6. The van der Waals surface area contributed by atoms with E-state index in [1.807, 2.05) is 30.3 Å². The van der Waals surface area contributed by atoms with E-state index in [1.165, 1.54) is 0 Å². The molecule has 6 nitrogen and oxygen atoms in total. The van der Waals surface area contributed by atoms with E-state index < -0.39 is 0 Å². The van der Waals surface area contributed by atoms with Crippen LogP contribution in [0.25, 0.3) is 11.0 Å². The number of rotatable bonds is 4. The molecular weight excluding hydrogens is 332 g/mol. The molecular formula is C20H20N2O4. The lowest BCUT2D eigenvalue weighted by atomic mass is 10.1. The van der Waals surface area contributed by atoms with Crippen LogP contribution in [0.15, 0.2) is 53.2 Å². The lowest BCUT2D eigenvalue weighted by Gasteiger charge is -2.32. The minimum Gasteiger partial charge on any atom is -0.497 e. The molecule has 1 aliphatic heterocycles. The minimum absolute atomic E-state index is 0.0282. The number of fused-ring (bicyclic) bond motifs is 1. The number of hydrogen-bond acceptors (Lipinski definition) is 5. The lowest BCUT2D eigenvalue weighted by Crippen LogP contribution is -2.44. The largest absolute Gasteiger partial charge is 0.497 e. The number of benzene rings is 1. The molecule has 0 saturated carbocycles. The van der Waals surface area contributed by atoms with Gasteiger partial charge in [0.15, 0.2) is 5.76 Å². The molecule has 1 aliphatic rings. The Morgan fingerprint density at radius 1 is 1.19 bits per heavy atom. The fourth-order valence-electron chi connectivity index (χ4n) is 3.24. The van der Waals surface area contributed by atoms with Crippen LogP contribution in [-0.4, -0.2) is 42.1 Å². The van der Waals surface area contributed by atoms with E-state index in [2.05, 4.69) is 4.98 Å². The van der Waals surface area contributed by atoms with Gasteiger partial charge in [0.05, 0.1) is 13.7 Å². The van der Waals surface area contributed by atoms with Crippen LogP contribution in [0.5, 0.6) is 11.5 Å². The molecule has 0 radical (unpaired) electrons.